The van der Waals surface area contributed by atoms with Crippen LogP contribution in [0.2, 0.25) is 0 Å². The number of ketones is 1. The van der Waals surface area contributed by atoms with Gasteiger partial charge >= 0.3 is 5.97 Å². The molecule has 0 unspecified atom stereocenters. The van der Waals surface area contributed by atoms with E-state index in [1.165, 1.54) is 17.0 Å². The average molecular weight is 446 g/mol. The number of halogens is 1. The summed E-state index contributed by atoms with van der Waals surface area (Å²) in [6.07, 6.45) is -0.0612. The fraction of sp³-hybridized carbons (Fsp3) is 0.192. The van der Waals surface area contributed by atoms with Crippen LogP contribution in [0.3, 0.4) is 0 Å². The molecule has 4 rings (SSSR count). The summed E-state index contributed by atoms with van der Waals surface area (Å²) in [4.78, 5) is 38.9. The summed E-state index contributed by atoms with van der Waals surface area (Å²) in [6, 6.07) is 14.9. The Morgan fingerprint density at radius 1 is 1.03 bits per heavy atom. The van der Waals surface area contributed by atoms with Crippen molar-refractivity contribution >= 4 is 23.4 Å². The van der Waals surface area contributed by atoms with Gasteiger partial charge in [-0.2, -0.15) is 0 Å². The number of benzene rings is 2. The highest BCUT2D eigenvalue weighted by molar-refractivity contribution is 6.09. The summed E-state index contributed by atoms with van der Waals surface area (Å²) in [5.41, 5.74) is 4.26. The number of amides is 1. The van der Waals surface area contributed by atoms with Crippen molar-refractivity contribution in [1.82, 2.24) is 9.47 Å². The van der Waals surface area contributed by atoms with Gasteiger partial charge in [-0.05, 0) is 44.2 Å². The van der Waals surface area contributed by atoms with E-state index < -0.39 is 12.6 Å². The Bertz CT molecular complexity index is 1260. The Hall–Kier alpha value is -4.00. The number of hydrogen-bond acceptors (Lipinski definition) is 4. The predicted molar refractivity (Wildman–Crippen MR) is 122 cm³/mol. The van der Waals surface area contributed by atoms with Crippen LogP contribution < -0.4 is 0 Å². The van der Waals surface area contributed by atoms with E-state index in [2.05, 4.69) is 6.58 Å². The molecular weight excluding hydrogens is 423 g/mol. The number of aryl methyl sites for hydroxylation is 1. The van der Waals surface area contributed by atoms with E-state index in [4.69, 9.17) is 4.74 Å². The van der Waals surface area contributed by atoms with Gasteiger partial charge in [0.15, 0.2) is 6.61 Å². The van der Waals surface area contributed by atoms with Gasteiger partial charge < -0.3 is 14.2 Å². The van der Waals surface area contributed by atoms with E-state index in [1.54, 1.807) is 41.8 Å². The first-order chi connectivity index (χ1) is 15.8. The number of fused-ring (bicyclic) bond motifs is 1. The number of ether oxygens (including phenoxy) is 1. The highest BCUT2D eigenvalue weighted by Gasteiger charge is 2.30. The van der Waals surface area contributed by atoms with Crippen molar-refractivity contribution < 1.29 is 23.5 Å². The van der Waals surface area contributed by atoms with Crippen LogP contribution in [0, 0.1) is 19.7 Å². The lowest BCUT2D eigenvalue weighted by Gasteiger charge is -2.16. The summed E-state index contributed by atoms with van der Waals surface area (Å²) >= 11 is 0. The molecule has 0 radical (unpaired) electrons. The highest BCUT2D eigenvalue weighted by Crippen LogP contribution is 2.31. The molecule has 3 aromatic rings. The Morgan fingerprint density at radius 3 is 2.45 bits per heavy atom. The topological polar surface area (TPSA) is 68.6 Å². The second-order valence-corrected chi connectivity index (χ2v) is 7.88. The predicted octanol–water partition coefficient (Wildman–Crippen LogP) is 4.48. The number of nitrogens with zero attached hydrogens (tertiary/aromatic N) is 2. The first kappa shape index (κ1) is 22.2. The molecule has 0 atom stereocenters. The lowest BCUT2D eigenvalue weighted by Crippen LogP contribution is -2.26. The van der Waals surface area contributed by atoms with Gasteiger partial charge in [-0.3, -0.25) is 14.4 Å². The SMILES string of the molecule is C=C1c2ccccc2C(=O)N1CCC(=O)OCC(=O)c1cc(C)n(-c2cccc(F)c2)c1C. The van der Waals surface area contributed by atoms with Crippen molar-refractivity contribution in [2.75, 3.05) is 13.2 Å². The minimum absolute atomic E-state index is 0.0612. The van der Waals surface area contributed by atoms with Gasteiger partial charge in [-0.25, -0.2) is 4.39 Å². The number of aromatic nitrogens is 1. The van der Waals surface area contributed by atoms with Crippen molar-refractivity contribution in [3.05, 3.63) is 95.1 Å². The molecule has 6 nitrogen and oxygen atoms in total. The van der Waals surface area contributed by atoms with Crippen molar-refractivity contribution in [2.45, 2.75) is 20.3 Å². The first-order valence-corrected chi connectivity index (χ1v) is 10.5. The summed E-state index contributed by atoms with van der Waals surface area (Å²) in [5.74, 6) is -1.51. The third-order valence-electron chi connectivity index (χ3n) is 5.74. The molecule has 0 spiro atoms. The number of hydrogen-bond donors (Lipinski definition) is 0. The number of esters is 1. The van der Waals surface area contributed by atoms with Gasteiger partial charge in [0.25, 0.3) is 5.91 Å². The molecule has 168 valence electrons. The Labute approximate surface area is 190 Å². The zero-order chi connectivity index (χ0) is 23.7. The van der Waals surface area contributed by atoms with Gasteiger partial charge in [-0.15, -0.1) is 0 Å². The fourth-order valence-corrected chi connectivity index (χ4v) is 4.13. The zero-order valence-corrected chi connectivity index (χ0v) is 18.4. The smallest absolute Gasteiger partial charge is 0.308 e. The quantitative estimate of drug-likeness (QED) is 0.397. The maximum atomic E-state index is 13.6. The molecule has 7 heteroatoms. The minimum Gasteiger partial charge on any atom is -0.457 e. The van der Waals surface area contributed by atoms with Gasteiger partial charge in [0.2, 0.25) is 5.78 Å². The Morgan fingerprint density at radius 2 is 1.76 bits per heavy atom. The van der Waals surface area contributed by atoms with Gasteiger partial charge in [-0.1, -0.05) is 30.8 Å². The highest BCUT2D eigenvalue weighted by atomic mass is 19.1. The molecule has 0 N–H and O–H groups in total. The second-order valence-electron chi connectivity index (χ2n) is 7.88. The molecule has 0 fully saturated rings. The van der Waals surface area contributed by atoms with E-state index in [1.807, 2.05) is 19.1 Å². The maximum Gasteiger partial charge on any atom is 0.308 e. The molecular formula is C26H23FN2O4. The standard InChI is InChI=1S/C26H23FN2O4/c1-16-13-23(18(3)29(16)20-8-6-7-19(27)14-20)24(30)15-33-25(31)11-12-28-17(2)21-9-4-5-10-22(21)26(28)32/h4-10,13-14H,2,11-12,15H2,1,3H3. The number of carbonyl (C=O) groups is 3. The van der Waals surface area contributed by atoms with Crippen LogP contribution in [0.5, 0.6) is 0 Å². The summed E-state index contributed by atoms with van der Waals surface area (Å²) < 4.78 is 20.6. The van der Waals surface area contributed by atoms with E-state index in [-0.39, 0.29) is 30.5 Å². The van der Waals surface area contributed by atoms with Gasteiger partial charge in [0.05, 0.1) is 6.42 Å². The van der Waals surface area contributed by atoms with Gasteiger partial charge in [0, 0.05) is 46.0 Å². The van der Waals surface area contributed by atoms with Crippen molar-refractivity contribution in [3.63, 3.8) is 0 Å². The summed E-state index contributed by atoms with van der Waals surface area (Å²) in [5, 5.41) is 0. The third kappa shape index (κ3) is 4.22. The summed E-state index contributed by atoms with van der Waals surface area (Å²) in [6.45, 7) is 7.22. The largest absolute Gasteiger partial charge is 0.457 e. The van der Waals surface area contributed by atoms with E-state index >= 15 is 0 Å². The molecule has 0 saturated carbocycles. The molecule has 1 amide bonds. The molecule has 1 aliphatic rings. The molecule has 1 aromatic heterocycles. The van der Waals surface area contributed by atoms with Crippen molar-refractivity contribution in [2.24, 2.45) is 0 Å². The third-order valence-corrected chi connectivity index (χ3v) is 5.74. The lowest BCUT2D eigenvalue weighted by atomic mass is 10.1. The van der Waals surface area contributed by atoms with Crippen LogP contribution in [0.4, 0.5) is 4.39 Å². The van der Waals surface area contributed by atoms with Crippen molar-refractivity contribution in [1.29, 1.82) is 0 Å². The molecule has 0 saturated heterocycles. The number of rotatable bonds is 7. The fourth-order valence-electron chi connectivity index (χ4n) is 4.13. The van der Waals surface area contributed by atoms with Crippen LogP contribution in [-0.4, -0.2) is 40.3 Å². The molecule has 2 aromatic carbocycles. The zero-order valence-electron chi connectivity index (χ0n) is 18.4. The number of carbonyl (C=O) groups excluding carboxylic acids is 3. The van der Waals surface area contributed by atoms with Crippen molar-refractivity contribution in [3.8, 4) is 5.69 Å². The normalized spacial score (nSPS) is 12.8. The maximum absolute atomic E-state index is 13.6. The Kier molecular flexibility index (Phi) is 5.96. The van der Waals surface area contributed by atoms with Gasteiger partial charge in [0.1, 0.15) is 5.82 Å². The van der Waals surface area contributed by atoms with Crippen LogP contribution in [-0.2, 0) is 9.53 Å². The first-order valence-electron chi connectivity index (χ1n) is 10.5. The minimum atomic E-state index is -0.584. The van der Waals surface area contributed by atoms with E-state index in [0.717, 1.165) is 11.3 Å². The molecule has 1 aliphatic heterocycles. The van der Waals surface area contributed by atoms with Crippen LogP contribution in [0.1, 0.15) is 44.1 Å². The summed E-state index contributed by atoms with van der Waals surface area (Å²) in [7, 11) is 0. The van der Waals surface area contributed by atoms with Crippen LogP contribution in [0.15, 0.2) is 61.2 Å². The van der Waals surface area contributed by atoms with Crippen LogP contribution >= 0.6 is 0 Å². The molecule has 0 bridgehead atoms. The Balaban J connectivity index is 1.36. The molecule has 0 aliphatic carbocycles. The lowest BCUT2D eigenvalue weighted by molar-refractivity contribution is -0.142. The molecule has 33 heavy (non-hydrogen) atoms. The van der Waals surface area contributed by atoms with Crippen LogP contribution in [0.25, 0.3) is 11.4 Å². The average Bonchev–Trinajstić information content (AvgIpc) is 3.23. The molecule has 2 heterocycles. The monoisotopic (exact) mass is 446 g/mol. The second kappa shape index (κ2) is 8.86. The van der Waals surface area contributed by atoms with E-state index in [9.17, 15) is 18.8 Å². The number of Topliss-reactive ketones (excluding diaryl/α,β-unsaturated/α-hetero) is 1. The van der Waals surface area contributed by atoms with E-state index in [0.29, 0.717) is 28.2 Å².